The van der Waals surface area contributed by atoms with E-state index in [0.29, 0.717) is 6.42 Å². The summed E-state index contributed by atoms with van der Waals surface area (Å²) in [7, 11) is 0. The molecule has 23 heavy (non-hydrogen) atoms. The molecule has 0 aliphatic heterocycles. The molecule has 2 aromatic carbocycles. The van der Waals surface area contributed by atoms with E-state index in [0.717, 1.165) is 22.9 Å². The molecule has 0 spiro atoms. The molecule has 1 amide bonds. The zero-order valence-corrected chi connectivity index (χ0v) is 14.8. The lowest BCUT2D eigenvalue weighted by Crippen LogP contribution is -2.11. The molecule has 5 heteroatoms. The Kier molecular flexibility index (Phi) is 5.60. The molecule has 0 aliphatic carbocycles. The van der Waals surface area contributed by atoms with Crippen molar-refractivity contribution in [1.29, 1.82) is 0 Å². The van der Waals surface area contributed by atoms with Gasteiger partial charge < -0.3 is 5.32 Å². The number of carbonyl (C=O) groups excluding carboxylic acids is 1. The summed E-state index contributed by atoms with van der Waals surface area (Å²) in [5.41, 5.74) is 0.867. The van der Waals surface area contributed by atoms with Gasteiger partial charge in [-0.2, -0.15) is 0 Å². The lowest BCUT2D eigenvalue weighted by molar-refractivity contribution is -0.116. The summed E-state index contributed by atoms with van der Waals surface area (Å²) in [6.07, 6.45) is 1.38. The Morgan fingerprint density at radius 1 is 1.13 bits per heavy atom. The second kappa shape index (κ2) is 7.86. The number of fused-ring (bicyclic) bond motifs is 1. The second-order valence-corrected chi connectivity index (χ2v) is 7.68. The number of amides is 1. The van der Waals surface area contributed by atoms with Gasteiger partial charge >= 0.3 is 0 Å². The molecular weight excluding hydrogens is 346 g/mol. The first-order chi connectivity index (χ1) is 11.2. The van der Waals surface area contributed by atoms with E-state index in [1.165, 1.54) is 15.0 Å². The molecule has 0 bridgehead atoms. The van der Waals surface area contributed by atoms with Crippen molar-refractivity contribution in [1.82, 2.24) is 0 Å². The highest BCUT2D eigenvalue weighted by Gasteiger charge is 2.04. The topological polar surface area (TPSA) is 29.1 Å². The molecule has 3 rings (SSSR count). The predicted octanol–water partition coefficient (Wildman–Crippen LogP) is 6.07. The van der Waals surface area contributed by atoms with E-state index >= 15 is 0 Å². The van der Waals surface area contributed by atoms with Crippen molar-refractivity contribution in [2.75, 3.05) is 11.1 Å². The number of thioether (sulfide) groups is 1. The van der Waals surface area contributed by atoms with Crippen LogP contribution in [0.4, 0.5) is 5.69 Å². The van der Waals surface area contributed by atoms with Crippen LogP contribution < -0.4 is 5.32 Å². The Morgan fingerprint density at radius 3 is 2.78 bits per heavy atom. The molecule has 0 fully saturated rings. The Balaban J connectivity index is 1.43. The smallest absolute Gasteiger partial charge is 0.224 e. The molecule has 1 heterocycles. The van der Waals surface area contributed by atoms with Gasteiger partial charge in [0.25, 0.3) is 0 Å². The van der Waals surface area contributed by atoms with Crippen molar-refractivity contribution < 1.29 is 4.79 Å². The molecule has 0 radical (unpaired) electrons. The minimum absolute atomic E-state index is 0.0660. The third kappa shape index (κ3) is 4.74. The molecule has 1 N–H and O–H groups in total. The van der Waals surface area contributed by atoms with Crippen LogP contribution in [0.25, 0.3) is 10.1 Å². The number of halogens is 1. The lowest BCUT2D eigenvalue weighted by atomic mass is 10.2. The Labute approximate surface area is 148 Å². The van der Waals surface area contributed by atoms with Crippen molar-refractivity contribution >= 4 is 56.4 Å². The van der Waals surface area contributed by atoms with Gasteiger partial charge in [-0.3, -0.25) is 4.79 Å². The van der Waals surface area contributed by atoms with E-state index in [2.05, 4.69) is 16.8 Å². The molecule has 0 saturated carbocycles. The van der Waals surface area contributed by atoms with Crippen LogP contribution in [-0.4, -0.2) is 11.7 Å². The Morgan fingerprint density at radius 2 is 1.96 bits per heavy atom. The monoisotopic (exact) mass is 361 g/mol. The van der Waals surface area contributed by atoms with Crippen LogP contribution in [0.15, 0.2) is 58.8 Å². The van der Waals surface area contributed by atoms with E-state index in [1.54, 1.807) is 23.1 Å². The molecule has 118 valence electrons. The zero-order valence-electron chi connectivity index (χ0n) is 12.4. The zero-order chi connectivity index (χ0) is 16.1. The van der Waals surface area contributed by atoms with Crippen LogP contribution >= 0.6 is 34.7 Å². The van der Waals surface area contributed by atoms with E-state index in [9.17, 15) is 4.79 Å². The van der Waals surface area contributed by atoms with Crippen LogP contribution in [0.1, 0.15) is 12.8 Å². The van der Waals surface area contributed by atoms with Crippen LogP contribution in [0.3, 0.4) is 0 Å². The summed E-state index contributed by atoms with van der Waals surface area (Å²) in [6, 6.07) is 15.9. The van der Waals surface area contributed by atoms with Crippen molar-refractivity contribution in [3.63, 3.8) is 0 Å². The van der Waals surface area contributed by atoms with Crippen LogP contribution in [0, 0.1) is 0 Å². The summed E-state index contributed by atoms with van der Waals surface area (Å²) in [4.78, 5) is 13.2. The van der Waals surface area contributed by atoms with Crippen molar-refractivity contribution in [2.24, 2.45) is 0 Å². The highest BCUT2D eigenvalue weighted by atomic mass is 35.5. The third-order valence-corrected chi connectivity index (χ3v) is 5.61. The molecule has 0 atom stereocenters. The number of hydrogen-bond donors (Lipinski definition) is 1. The van der Waals surface area contributed by atoms with Crippen LogP contribution in [-0.2, 0) is 4.79 Å². The van der Waals surface area contributed by atoms with Gasteiger partial charge in [-0.15, -0.1) is 23.1 Å². The summed E-state index contributed by atoms with van der Waals surface area (Å²) < 4.78 is 1.24. The van der Waals surface area contributed by atoms with Crippen molar-refractivity contribution in [3.8, 4) is 0 Å². The second-order valence-electron chi connectivity index (χ2n) is 5.13. The lowest BCUT2D eigenvalue weighted by Gasteiger charge is -2.06. The fourth-order valence-corrected chi connectivity index (χ4v) is 3.97. The number of benzene rings is 2. The van der Waals surface area contributed by atoms with E-state index in [4.69, 9.17) is 11.6 Å². The van der Waals surface area contributed by atoms with Gasteiger partial charge in [-0.05, 0) is 71.5 Å². The van der Waals surface area contributed by atoms with Gasteiger partial charge in [0.05, 0.1) is 0 Å². The maximum Gasteiger partial charge on any atom is 0.224 e. The van der Waals surface area contributed by atoms with Gasteiger partial charge in [-0.25, -0.2) is 0 Å². The minimum Gasteiger partial charge on any atom is -0.326 e. The Bertz CT molecular complexity index is 798. The van der Waals surface area contributed by atoms with E-state index < -0.39 is 0 Å². The maximum atomic E-state index is 12.0. The molecule has 0 unspecified atom stereocenters. The molecule has 1 aromatic heterocycles. The molecule has 0 saturated heterocycles. The van der Waals surface area contributed by atoms with Crippen LogP contribution in [0.2, 0.25) is 5.02 Å². The third-order valence-electron chi connectivity index (χ3n) is 3.37. The van der Waals surface area contributed by atoms with Crippen molar-refractivity contribution in [2.45, 2.75) is 17.7 Å². The predicted molar refractivity (Wildman–Crippen MR) is 102 cm³/mol. The average Bonchev–Trinajstić information content (AvgIpc) is 3.01. The quantitative estimate of drug-likeness (QED) is 0.426. The number of carbonyl (C=O) groups is 1. The molecule has 2 nitrogen and oxygen atoms in total. The number of anilines is 1. The Hall–Kier alpha value is -1.49. The first-order valence-electron chi connectivity index (χ1n) is 7.36. The number of rotatable bonds is 6. The summed E-state index contributed by atoms with van der Waals surface area (Å²) in [6.45, 7) is 0. The number of hydrogen-bond acceptors (Lipinski definition) is 3. The van der Waals surface area contributed by atoms with E-state index in [1.807, 2.05) is 42.5 Å². The fraction of sp³-hybridized carbons (Fsp3) is 0.167. The highest BCUT2D eigenvalue weighted by Crippen LogP contribution is 2.24. The van der Waals surface area contributed by atoms with Gasteiger partial charge in [0, 0.05) is 26.7 Å². The normalized spacial score (nSPS) is 10.8. The summed E-state index contributed by atoms with van der Waals surface area (Å²) in [5, 5.41) is 6.95. The van der Waals surface area contributed by atoms with Gasteiger partial charge in [0.1, 0.15) is 0 Å². The maximum absolute atomic E-state index is 12.0. The molecular formula is C18H16ClNOS2. The standard InChI is InChI=1S/C18H16ClNOS2/c19-14-3-6-16(7-4-14)22-10-1-2-18(21)20-15-5-8-17-13(12-15)9-11-23-17/h3-9,11-12H,1-2,10H2,(H,20,21). The first kappa shape index (κ1) is 16.4. The minimum atomic E-state index is 0.0660. The van der Waals surface area contributed by atoms with Crippen molar-refractivity contribution in [3.05, 3.63) is 58.9 Å². The molecule has 0 aliphatic rings. The number of nitrogens with one attached hydrogen (secondary N) is 1. The fourth-order valence-electron chi connectivity index (χ4n) is 2.22. The first-order valence-corrected chi connectivity index (χ1v) is 9.60. The SMILES string of the molecule is O=C(CCCSc1ccc(Cl)cc1)Nc1ccc2sccc2c1. The van der Waals surface area contributed by atoms with Gasteiger partial charge in [-0.1, -0.05) is 11.6 Å². The van der Waals surface area contributed by atoms with Crippen LogP contribution in [0.5, 0.6) is 0 Å². The van der Waals surface area contributed by atoms with Gasteiger partial charge in [0.2, 0.25) is 5.91 Å². The average molecular weight is 362 g/mol. The summed E-state index contributed by atoms with van der Waals surface area (Å²) >= 11 is 9.31. The largest absolute Gasteiger partial charge is 0.326 e. The molecule has 3 aromatic rings. The highest BCUT2D eigenvalue weighted by molar-refractivity contribution is 7.99. The number of thiophene rings is 1. The summed E-state index contributed by atoms with van der Waals surface area (Å²) in [5.74, 6) is 0.981. The van der Waals surface area contributed by atoms with Gasteiger partial charge in [0.15, 0.2) is 0 Å². The van der Waals surface area contributed by atoms with E-state index in [-0.39, 0.29) is 5.91 Å².